The van der Waals surface area contributed by atoms with Gasteiger partial charge >= 0.3 is 0 Å². The Morgan fingerprint density at radius 1 is 1.10 bits per heavy atom. The van der Waals surface area contributed by atoms with E-state index in [0.717, 1.165) is 29.3 Å². The molecule has 0 aliphatic heterocycles. The molecule has 0 heterocycles. The first-order valence-electron chi connectivity index (χ1n) is 6.85. The van der Waals surface area contributed by atoms with Gasteiger partial charge in [-0.15, -0.1) is 0 Å². The van der Waals surface area contributed by atoms with Crippen LogP contribution in [0.3, 0.4) is 0 Å². The zero-order valence-electron chi connectivity index (χ0n) is 11.5. The van der Waals surface area contributed by atoms with Crippen LogP contribution in [0.5, 0.6) is 0 Å². The number of nitrogens with two attached hydrogens (primary N) is 1. The van der Waals surface area contributed by atoms with Gasteiger partial charge in [0, 0.05) is 15.7 Å². The van der Waals surface area contributed by atoms with Crippen LogP contribution in [-0.2, 0) is 28.4 Å². The van der Waals surface area contributed by atoms with Crippen molar-refractivity contribution >= 4 is 31.5 Å². The molecule has 110 valence electrons. The predicted molar refractivity (Wildman–Crippen MR) is 87.9 cm³/mol. The lowest BCUT2D eigenvalue weighted by atomic mass is 10.1. The molecule has 1 aliphatic carbocycles. The van der Waals surface area contributed by atoms with Crippen LogP contribution < -0.4 is 5.73 Å². The lowest BCUT2D eigenvalue weighted by Crippen LogP contribution is -2.08. The maximum Gasteiger partial charge on any atom is 0.182 e. The molecule has 1 aliphatic rings. The van der Waals surface area contributed by atoms with Crippen LogP contribution >= 0.6 is 15.9 Å². The SMILES string of the molecule is Nc1cccc(Br)c1CS(=O)(=O)c1ccc2c(c1)CCC2. The van der Waals surface area contributed by atoms with Gasteiger partial charge in [0.1, 0.15) is 0 Å². The number of anilines is 1. The van der Waals surface area contributed by atoms with Crippen molar-refractivity contribution in [2.24, 2.45) is 0 Å². The van der Waals surface area contributed by atoms with E-state index < -0.39 is 9.84 Å². The highest BCUT2D eigenvalue weighted by Gasteiger charge is 2.21. The molecular formula is C16H16BrNO2S. The Bertz CT molecular complexity index is 780. The maximum absolute atomic E-state index is 12.6. The quantitative estimate of drug-likeness (QED) is 0.846. The fourth-order valence-corrected chi connectivity index (χ4v) is 4.92. The Labute approximate surface area is 133 Å². The third-order valence-electron chi connectivity index (χ3n) is 3.92. The Hall–Kier alpha value is -1.33. The molecule has 5 heteroatoms. The smallest absolute Gasteiger partial charge is 0.182 e. The van der Waals surface area contributed by atoms with Crippen LogP contribution in [0, 0.1) is 0 Å². The maximum atomic E-state index is 12.6. The molecule has 0 fully saturated rings. The largest absolute Gasteiger partial charge is 0.398 e. The minimum absolute atomic E-state index is 0.0843. The van der Waals surface area contributed by atoms with E-state index in [9.17, 15) is 8.42 Å². The summed E-state index contributed by atoms with van der Waals surface area (Å²) >= 11 is 3.38. The predicted octanol–water partition coefficient (Wildman–Crippen LogP) is 3.49. The molecule has 0 unspecified atom stereocenters. The third kappa shape index (κ3) is 2.85. The van der Waals surface area contributed by atoms with Crippen LogP contribution in [0.2, 0.25) is 0 Å². The molecule has 0 aromatic heterocycles. The molecule has 0 atom stereocenters. The van der Waals surface area contributed by atoms with Gasteiger partial charge in [-0.05, 0) is 54.7 Å². The van der Waals surface area contributed by atoms with Crippen molar-refractivity contribution in [2.75, 3.05) is 5.73 Å². The molecule has 3 rings (SSSR count). The first-order valence-corrected chi connectivity index (χ1v) is 9.29. The highest BCUT2D eigenvalue weighted by atomic mass is 79.9. The highest BCUT2D eigenvalue weighted by Crippen LogP contribution is 2.29. The van der Waals surface area contributed by atoms with Crippen molar-refractivity contribution in [1.82, 2.24) is 0 Å². The summed E-state index contributed by atoms with van der Waals surface area (Å²) in [6, 6.07) is 10.8. The molecular weight excluding hydrogens is 350 g/mol. The summed E-state index contributed by atoms with van der Waals surface area (Å²) in [5.74, 6) is -0.0843. The average Bonchev–Trinajstić information content (AvgIpc) is 2.90. The van der Waals surface area contributed by atoms with Crippen molar-refractivity contribution in [1.29, 1.82) is 0 Å². The van der Waals surface area contributed by atoms with Gasteiger partial charge in [0.2, 0.25) is 0 Å². The van der Waals surface area contributed by atoms with Gasteiger partial charge in [-0.3, -0.25) is 0 Å². The van der Waals surface area contributed by atoms with Crippen LogP contribution in [0.1, 0.15) is 23.1 Å². The number of halogens is 1. The van der Waals surface area contributed by atoms with E-state index in [-0.39, 0.29) is 5.75 Å². The molecule has 0 saturated heterocycles. The molecule has 0 bridgehead atoms. The minimum atomic E-state index is -3.39. The number of fused-ring (bicyclic) bond motifs is 1. The Morgan fingerprint density at radius 2 is 1.86 bits per heavy atom. The first-order chi connectivity index (χ1) is 9.97. The molecule has 0 radical (unpaired) electrons. The number of hydrogen-bond donors (Lipinski definition) is 1. The third-order valence-corrected chi connectivity index (χ3v) is 6.30. The van der Waals surface area contributed by atoms with E-state index in [1.807, 2.05) is 18.2 Å². The Kier molecular flexibility index (Phi) is 3.80. The molecule has 21 heavy (non-hydrogen) atoms. The summed E-state index contributed by atoms with van der Waals surface area (Å²) in [6.07, 6.45) is 3.12. The first kappa shape index (κ1) is 14.6. The van der Waals surface area contributed by atoms with Crippen molar-refractivity contribution in [3.05, 3.63) is 57.6 Å². The van der Waals surface area contributed by atoms with Crippen LogP contribution in [0.25, 0.3) is 0 Å². The number of benzene rings is 2. The van der Waals surface area contributed by atoms with E-state index in [4.69, 9.17) is 5.73 Å². The summed E-state index contributed by atoms with van der Waals surface area (Å²) in [5, 5.41) is 0. The van der Waals surface area contributed by atoms with Gasteiger partial charge in [-0.25, -0.2) is 8.42 Å². The molecule has 0 saturated carbocycles. The highest BCUT2D eigenvalue weighted by molar-refractivity contribution is 9.10. The van der Waals surface area contributed by atoms with E-state index >= 15 is 0 Å². The second kappa shape index (κ2) is 5.46. The number of aryl methyl sites for hydroxylation is 2. The van der Waals surface area contributed by atoms with Gasteiger partial charge in [0.05, 0.1) is 10.6 Å². The molecule has 0 amide bonds. The summed E-state index contributed by atoms with van der Waals surface area (Å²) in [7, 11) is -3.39. The number of sulfone groups is 1. The van der Waals surface area contributed by atoms with Gasteiger partial charge in [-0.2, -0.15) is 0 Å². The topological polar surface area (TPSA) is 60.2 Å². The summed E-state index contributed by atoms with van der Waals surface area (Å²) in [6.45, 7) is 0. The van der Waals surface area contributed by atoms with E-state index in [1.165, 1.54) is 5.56 Å². The summed E-state index contributed by atoms with van der Waals surface area (Å²) < 4.78 is 26.0. The normalized spacial score (nSPS) is 14.1. The molecule has 2 aromatic rings. The Morgan fingerprint density at radius 3 is 2.62 bits per heavy atom. The second-order valence-electron chi connectivity index (χ2n) is 5.35. The minimum Gasteiger partial charge on any atom is -0.398 e. The standard InChI is InChI=1S/C16H16BrNO2S/c17-15-5-2-6-16(18)14(15)10-21(19,20)13-8-7-11-3-1-4-12(11)9-13/h2,5-9H,1,3-4,10,18H2. The Balaban J connectivity index is 1.98. The molecule has 0 spiro atoms. The van der Waals surface area contributed by atoms with Crippen LogP contribution in [0.4, 0.5) is 5.69 Å². The van der Waals surface area contributed by atoms with Gasteiger partial charge in [0.25, 0.3) is 0 Å². The molecule has 2 aromatic carbocycles. The van der Waals surface area contributed by atoms with Gasteiger partial charge in [0.15, 0.2) is 9.84 Å². The second-order valence-corrected chi connectivity index (χ2v) is 8.19. The van der Waals surface area contributed by atoms with Crippen LogP contribution in [-0.4, -0.2) is 8.42 Å². The van der Waals surface area contributed by atoms with E-state index in [0.29, 0.717) is 16.1 Å². The fourth-order valence-electron chi connectivity index (χ4n) is 2.74. The molecule has 2 N–H and O–H groups in total. The monoisotopic (exact) mass is 365 g/mol. The van der Waals surface area contributed by atoms with Crippen molar-refractivity contribution in [3.63, 3.8) is 0 Å². The van der Waals surface area contributed by atoms with E-state index in [1.54, 1.807) is 18.2 Å². The van der Waals surface area contributed by atoms with Crippen LogP contribution in [0.15, 0.2) is 45.8 Å². The summed E-state index contributed by atoms with van der Waals surface area (Å²) in [4.78, 5) is 0.387. The number of nitrogen functional groups attached to an aromatic ring is 1. The average molecular weight is 366 g/mol. The zero-order chi connectivity index (χ0) is 15.0. The zero-order valence-corrected chi connectivity index (χ0v) is 13.9. The number of rotatable bonds is 3. The van der Waals surface area contributed by atoms with Crippen molar-refractivity contribution in [3.8, 4) is 0 Å². The van der Waals surface area contributed by atoms with Gasteiger partial charge in [-0.1, -0.05) is 28.1 Å². The lowest BCUT2D eigenvalue weighted by molar-refractivity contribution is 0.595. The van der Waals surface area contributed by atoms with Gasteiger partial charge < -0.3 is 5.73 Å². The van der Waals surface area contributed by atoms with E-state index in [2.05, 4.69) is 15.9 Å². The lowest BCUT2D eigenvalue weighted by Gasteiger charge is -2.10. The summed E-state index contributed by atoms with van der Waals surface area (Å²) in [5.41, 5.74) is 9.46. The molecule has 3 nitrogen and oxygen atoms in total. The van der Waals surface area contributed by atoms with Crippen molar-refractivity contribution < 1.29 is 8.42 Å². The number of hydrogen-bond acceptors (Lipinski definition) is 3. The fraction of sp³-hybridized carbons (Fsp3) is 0.250. The van der Waals surface area contributed by atoms with Crippen molar-refractivity contribution in [2.45, 2.75) is 29.9 Å².